The zero-order chi connectivity index (χ0) is 10.6. The molecule has 0 aromatic rings. The first-order chi connectivity index (χ1) is 6.56. The van der Waals surface area contributed by atoms with Crippen LogP contribution in [0, 0.1) is 0 Å². The Balaban J connectivity index is 2.45. The third-order valence-electron chi connectivity index (χ3n) is 2.49. The molecular weight excluding hydrogens is 182 g/mol. The van der Waals surface area contributed by atoms with Gasteiger partial charge in [0, 0.05) is 19.2 Å². The van der Waals surface area contributed by atoms with Crippen LogP contribution in [0.15, 0.2) is 0 Å². The lowest BCUT2D eigenvalue weighted by Gasteiger charge is -2.41. The van der Waals surface area contributed by atoms with Crippen molar-refractivity contribution in [3.63, 3.8) is 0 Å². The lowest BCUT2D eigenvalue weighted by Crippen LogP contribution is -2.54. The number of nitrogens with zero attached hydrogens (tertiary/aromatic N) is 1. The molecule has 4 nitrogen and oxygen atoms in total. The van der Waals surface area contributed by atoms with E-state index in [9.17, 15) is 4.79 Å². The Morgan fingerprint density at radius 1 is 1.57 bits per heavy atom. The minimum Gasteiger partial charge on any atom is -0.378 e. The molecular formula is C10H19NO3. The number of hydrogen-bond donors (Lipinski definition) is 0. The minimum atomic E-state index is -0.0400. The van der Waals surface area contributed by atoms with Crippen molar-refractivity contribution >= 4 is 5.78 Å². The standard InChI is InChI=1S/C10H19NO3/c1-10(2)8-14-5-4-11(10)6-9(12)7-13-3/h4-8H2,1-3H3. The van der Waals surface area contributed by atoms with Gasteiger partial charge in [-0.3, -0.25) is 9.69 Å². The fraction of sp³-hybridized carbons (Fsp3) is 0.900. The zero-order valence-corrected chi connectivity index (χ0v) is 9.21. The van der Waals surface area contributed by atoms with E-state index in [1.165, 1.54) is 0 Å². The molecule has 0 radical (unpaired) electrons. The summed E-state index contributed by atoms with van der Waals surface area (Å²) in [7, 11) is 1.54. The summed E-state index contributed by atoms with van der Waals surface area (Å²) < 4.78 is 10.2. The van der Waals surface area contributed by atoms with E-state index in [0.29, 0.717) is 19.8 Å². The van der Waals surface area contributed by atoms with E-state index in [1.807, 2.05) is 0 Å². The van der Waals surface area contributed by atoms with Crippen molar-refractivity contribution in [2.45, 2.75) is 19.4 Å². The van der Waals surface area contributed by atoms with Crippen LogP contribution in [0.1, 0.15) is 13.8 Å². The van der Waals surface area contributed by atoms with Crippen LogP contribution in [0.2, 0.25) is 0 Å². The van der Waals surface area contributed by atoms with E-state index < -0.39 is 0 Å². The van der Waals surface area contributed by atoms with Gasteiger partial charge in [-0.05, 0) is 13.8 Å². The summed E-state index contributed by atoms with van der Waals surface area (Å²) in [5.74, 6) is 0.127. The quantitative estimate of drug-likeness (QED) is 0.656. The lowest BCUT2D eigenvalue weighted by atomic mass is 10.0. The molecule has 0 aromatic heterocycles. The Hall–Kier alpha value is -0.450. The highest BCUT2D eigenvalue weighted by Gasteiger charge is 2.31. The van der Waals surface area contributed by atoms with Crippen molar-refractivity contribution in [1.29, 1.82) is 0 Å². The summed E-state index contributed by atoms with van der Waals surface area (Å²) in [6.07, 6.45) is 0. The zero-order valence-electron chi connectivity index (χ0n) is 9.21. The third kappa shape index (κ3) is 3.04. The van der Waals surface area contributed by atoms with E-state index in [2.05, 4.69) is 18.7 Å². The Labute approximate surface area is 85.2 Å². The number of morpholine rings is 1. The van der Waals surface area contributed by atoms with Crippen molar-refractivity contribution in [1.82, 2.24) is 4.90 Å². The topological polar surface area (TPSA) is 38.8 Å². The third-order valence-corrected chi connectivity index (χ3v) is 2.49. The molecule has 1 fully saturated rings. The number of rotatable bonds is 4. The molecule has 0 bridgehead atoms. The smallest absolute Gasteiger partial charge is 0.172 e. The van der Waals surface area contributed by atoms with Crippen molar-refractivity contribution in [2.75, 3.05) is 40.0 Å². The van der Waals surface area contributed by atoms with Crippen LogP contribution in [0.5, 0.6) is 0 Å². The predicted octanol–water partition coefficient (Wildman–Crippen LogP) is 0.313. The molecule has 0 aliphatic carbocycles. The number of hydrogen-bond acceptors (Lipinski definition) is 4. The summed E-state index contributed by atoms with van der Waals surface area (Å²) in [4.78, 5) is 13.5. The van der Waals surface area contributed by atoms with Gasteiger partial charge in [0.05, 0.1) is 19.8 Å². The van der Waals surface area contributed by atoms with Gasteiger partial charge in [-0.1, -0.05) is 0 Å². The molecule has 0 atom stereocenters. The number of carbonyl (C=O) groups is 1. The Morgan fingerprint density at radius 3 is 2.86 bits per heavy atom. The SMILES string of the molecule is COCC(=O)CN1CCOCC1(C)C. The molecule has 1 rings (SSSR count). The van der Waals surface area contributed by atoms with Gasteiger partial charge in [0.25, 0.3) is 0 Å². The van der Waals surface area contributed by atoms with Crippen LogP contribution in [-0.2, 0) is 14.3 Å². The second kappa shape index (κ2) is 4.87. The molecule has 1 saturated heterocycles. The Bertz CT molecular complexity index is 204. The van der Waals surface area contributed by atoms with Gasteiger partial charge in [0.2, 0.25) is 0 Å². The maximum Gasteiger partial charge on any atom is 0.172 e. The van der Waals surface area contributed by atoms with E-state index in [4.69, 9.17) is 9.47 Å². The molecule has 0 amide bonds. The van der Waals surface area contributed by atoms with Crippen LogP contribution < -0.4 is 0 Å². The minimum absolute atomic E-state index is 0.0400. The molecule has 0 saturated carbocycles. The second-order valence-corrected chi connectivity index (χ2v) is 4.26. The fourth-order valence-electron chi connectivity index (χ4n) is 1.60. The molecule has 0 N–H and O–H groups in total. The molecule has 4 heteroatoms. The molecule has 1 aliphatic heterocycles. The average Bonchev–Trinajstić information content (AvgIpc) is 2.09. The predicted molar refractivity (Wildman–Crippen MR) is 53.4 cm³/mol. The molecule has 14 heavy (non-hydrogen) atoms. The van der Waals surface area contributed by atoms with E-state index >= 15 is 0 Å². The van der Waals surface area contributed by atoms with Gasteiger partial charge in [-0.15, -0.1) is 0 Å². The highest BCUT2D eigenvalue weighted by molar-refractivity contribution is 5.81. The lowest BCUT2D eigenvalue weighted by molar-refractivity contribution is -0.128. The van der Waals surface area contributed by atoms with Gasteiger partial charge in [0.15, 0.2) is 5.78 Å². The molecule has 1 aliphatic rings. The van der Waals surface area contributed by atoms with Crippen molar-refractivity contribution < 1.29 is 14.3 Å². The first-order valence-electron chi connectivity index (χ1n) is 4.90. The van der Waals surface area contributed by atoms with Crippen LogP contribution >= 0.6 is 0 Å². The van der Waals surface area contributed by atoms with E-state index in [1.54, 1.807) is 7.11 Å². The molecule has 0 unspecified atom stereocenters. The molecule has 0 spiro atoms. The highest BCUT2D eigenvalue weighted by Crippen LogP contribution is 2.18. The van der Waals surface area contributed by atoms with Crippen LogP contribution in [0.4, 0.5) is 0 Å². The van der Waals surface area contributed by atoms with Gasteiger partial charge in [-0.2, -0.15) is 0 Å². The normalized spacial score (nSPS) is 22.2. The highest BCUT2D eigenvalue weighted by atomic mass is 16.5. The van der Waals surface area contributed by atoms with Crippen molar-refractivity contribution in [3.05, 3.63) is 0 Å². The summed E-state index contributed by atoms with van der Waals surface area (Å²) in [5, 5.41) is 0. The van der Waals surface area contributed by atoms with E-state index in [0.717, 1.165) is 6.54 Å². The largest absolute Gasteiger partial charge is 0.378 e. The second-order valence-electron chi connectivity index (χ2n) is 4.26. The monoisotopic (exact) mass is 201 g/mol. The van der Waals surface area contributed by atoms with Crippen LogP contribution in [0.3, 0.4) is 0 Å². The van der Waals surface area contributed by atoms with Gasteiger partial charge in [-0.25, -0.2) is 0 Å². The number of Topliss-reactive ketones (excluding diaryl/α,β-unsaturated/α-hetero) is 1. The summed E-state index contributed by atoms with van der Waals surface area (Å²) in [6, 6.07) is 0. The number of methoxy groups -OCH3 is 1. The maximum absolute atomic E-state index is 11.4. The molecule has 1 heterocycles. The summed E-state index contributed by atoms with van der Waals surface area (Å²) in [6.45, 7) is 7.07. The fourth-order valence-corrected chi connectivity index (χ4v) is 1.60. The summed E-state index contributed by atoms with van der Waals surface area (Å²) >= 11 is 0. The van der Waals surface area contributed by atoms with Crippen molar-refractivity contribution in [3.8, 4) is 0 Å². The number of carbonyl (C=O) groups excluding carboxylic acids is 1. The first kappa shape index (κ1) is 11.6. The molecule has 82 valence electrons. The number of ether oxygens (including phenoxy) is 2. The Kier molecular flexibility index (Phi) is 4.04. The number of ketones is 1. The summed E-state index contributed by atoms with van der Waals surface area (Å²) in [5.41, 5.74) is -0.0400. The first-order valence-corrected chi connectivity index (χ1v) is 4.90. The van der Waals surface area contributed by atoms with Gasteiger partial charge >= 0.3 is 0 Å². The van der Waals surface area contributed by atoms with Gasteiger partial charge < -0.3 is 9.47 Å². The van der Waals surface area contributed by atoms with Crippen LogP contribution in [0.25, 0.3) is 0 Å². The maximum atomic E-state index is 11.4. The Morgan fingerprint density at radius 2 is 2.29 bits per heavy atom. The molecule has 0 aromatic carbocycles. The van der Waals surface area contributed by atoms with Crippen molar-refractivity contribution in [2.24, 2.45) is 0 Å². The van der Waals surface area contributed by atoms with Crippen LogP contribution in [-0.4, -0.2) is 56.2 Å². The van der Waals surface area contributed by atoms with Gasteiger partial charge in [0.1, 0.15) is 6.61 Å². The average molecular weight is 201 g/mol. The van der Waals surface area contributed by atoms with E-state index in [-0.39, 0.29) is 17.9 Å².